The largest absolute Gasteiger partial charge is 0.465 e. The highest BCUT2D eigenvalue weighted by Crippen LogP contribution is 2.68. The number of nitrogens with zero attached hydrogens (tertiary/aromatic N) is 2. The molecule has 0 aliphatic carbocycles. The number of rotatable bonds is 10. The van der Waals surface area contributed by atoms with Gasteiger partial charge in [-0.05, 0) is 37.1 Å². The standard InChI is InChI=1S/C25H28BrClN2O5S/c1-3-5-13-34-24(33)18-19-22(31)29(11-12-30)21(25(19)14-17(26)20(18)35-25)23(32)28(10-4-2)16-8-6-15(27)7-9-16/h3-4,6-9,17-21,30H,1-2,5,10-14H2/t17?,18-,19+,20-,21?,25?/m1/s1. The van der Waals surface area contributed by atoms with E-state index in [-0.39, 0.29) is 48.2 Å². The fraction of sp³-hybridized carbons (Fsp3) is 0.480. The number of halogens is 2. The molecule has 6 atom stereocenters. The lowest BCUT2D eigenvalue weighted by atomic mass is 9.71. The highest BCUT2D eigenvalue weighted by atomic mass is 79.9. The van der Waals surface area contributed by atoms with Crippen molar-refractivity contribution in [2.24, 2.45) is 11.8 Å². The number of hydrogen-bond acceptors (Lipinski definition) is 6. The van der Waals surface area contributed by atoms with Crippen molar-refractivity contribution in [3.05, 3.63) is 54.6 Å². The zero-order valence-corrected chi connectivity index (χ0v) is 22.3. The molecule has 1 aromatic rings. The van der Waals surface area contributed by atoms with Crippen molar-refractivity contribution in [2.75, 3.05) is 31.2 Å². The minimum Gasteiger partial charge on any atom is -0.465 e. The van der Waals surface area contributed by atoms with Crippen LogP contribution in [0.5, 0.6) is 0 Å². The molecule has 0 aromatic heterocycles. The van der Waals surface area contributed by atoms with Gasteiger partial charge in [-0.3, -0.25) is 14.4 Å². The monoisotopic (exact) mass is 582 g/mol. The van der Waals surface area contributed by atoms with E-state index >= 15 is 0 Å². The number of alkyl halides is 1. The first kappa shape index (κ1) is 26.3. The number of benzene rings is 1. The third-order valence-electron chi connectivity index (χ3n) is 6.92. The summed E-state index contributed by atoms with van der Waals surface area (Å²) in [5.74, 6) is -2.35. The van der Waals surface area contributed by atoms with Gasteiger partial charge in [0.25, 0.3) is 5.91 Å². The molecule has 10 heteroatoms. The van der Waals surface area contributed by atoms with Crippen LogP contribution < -0.4 is 4.90 Å². The molecule has 1 spiro atoms. The summed E-state index contributed by atoms with van der Waals surface area (Å²) in [6.45, 7) is 7.59. The summed E-state index contributed by atoms with van der Waals surface area (Å²) >= 11 is 11.3. The van der Waals surface area contributed by atoms with E-state index in [0.717, 1.165) is 0 Å². The van der Waals surface area contributed by atoms with Gasteiger partial charge < -0.3 is 19.6 Å². The first-order valence-corrected chi connectivity index (χ1v) is 13.7. The van der Waals surface area contributed by atoms with E-state index in [1.165, 1.54) is 16.7 Å². The lowest BCUT2D eigenvalue weighted by Crippen LogP contribution is -2.56. The van der Waals surface area contributed by atoms with Crippen LogP contribution in [0.25, 0.3) is 0 Å². The third-order valence-corrected chi connectivity index (χ3v) is 10.4. The van der Waals surface area contributed by atoms with E-state index in [0.29, 0.717) is 23.6 Å². The molecule has 7 nitrogen and oxygen atoms in total. The molecule has 3 saturated heterocycles. The van der Waals surface area contributed by atoms with Crippen LogP contribution in [0.3, 0.4) is 0 Å². The number of amides is 2. The molecule has 4 rings (SSSR count). The quantitative estimate of drug-likeness (QED) is 0.197. The predicted molar refractivity (Wildman–Crippen MR) is 141 cm³/mol. The van der Waals surface area contributed by atoms with Crippen LogP contribution >= 0.6 is 39.3 Å². The van der Waals surface area contributed by atoms with Crippen molar-refractivity contribution in [1.29, 1.82) is 0 Å². The Balaban J connectivity index is 1.73. The Hall–Kier alpha value is -1.81. The summed E-state index contributed by atoms with van der Waals surface area (Å²) in [5.41, 5.74) is 0.629. The smallest absolute Gasteiger partial charge is 0.310 e. The fourth-order valence-electron chi connectivity index (χ4n) is 5.59. The molecule has 3 aliphatic rings. The number of esters is 1. The second kappa shape index (κ2) is 10.7. The van der Waals surface area contributed by atoms with Crippen molar-refractivity contribution in [2.45, 2.75) is 33.7 Å². The highest BCUT2D eigenvalue weighted by molar-refractivity contribution is 9.09. The first-order valence-electron chi connectivity index (χ1n) is 11.5. The van der Waals surface area contributed by atoms with Crippen LogP contribution in [0.1, 0.15) is 12.8 Å². The van der Waals surface area contributed by atoms with Crippen molar-refractivity contribution in [3.8, 4) is 0 Å². The maximum Gasteiger partial charge on any atom is 0.310 e. The van der Waals surface area contributed by atoms with Crippen molar-refractivity contribution in [3.63, 3.8) is 0 Å². The zero-order valence-electron chi connectivity index (χ0n) is 19.1. The number of carbonyl (C=O) groups is 3. The van der Waals surface area contributed by atoms with Gasteiger partial charge in [0.2, 0.25) is 5.91 Å². The van der Waals surface area contributed by atoms with Gasteiger partial charge in [-0.25, -0.2) is 0 Å². The fourth-order valence-corrected chi connectivity index (χ4v) is 9.31. The summed E-state index contributed by atoms with van der Waals surface area (Å²) in [4.78, 5) is 44.0. The summed E-state index contributed by atoms with van der Waals surface area (Å²) in [6.07, 6.45) is 4.37. The Morgan fingerprint density at radius 3 is 2.66 bits per heavy atom. The maximum atomic E-state index is 14.2. The van der Waals surface area contributed by atoms with Gasteiger partial charge in [0.15, 0.2) is 0 Å². The molecule has 35 heavy (non-hydrogen) atoms. The number of aliphatic hydroxyl groups excluding tert-OH is 1. The van der Waals surface area contributed by atoms with E-state index in [4.69, 9.17) is 16.3 Å². The second-order valence-electron chi connectivity index (χ2n) is 8.88. The lowest BCUT2D eigenvalue weighted by molar-refractivity contribution is -0.154. The number of carbonyl (C=O) groups excluding carboxylic acids is 3. The molecule has 1 aromatic carbocycles. The Morgan fingerprint density at radius 1 is 1.31 bits per heavy atom. The summed E-state index contributed by atoms with van der Waals surface area (Å²) in [7, 11) is 0. The Labute approximate surface area is 222 Å². The average Bonchev–Trinajstić information content (AvgIpc) is 3.42. The number of hydrogen-bond donors (Lipinski definition) is 1. The van der Waals surface area contributed by atoms with Crippen LogP contribution in [-0.4, -0.2) is 75.0 Å². The van der Waals surface area contributed by atoms with Crippen LogP contribution in [0.4, 0.5) is 5.69 Å². The summed E-state index contributed by atoms with van der Waals surface area (Å²) in [5, 5.41) is 10.1. The number of fused-ring (bicyclic) bond motifs is 1. The number of likely N-dealkylation sites (tertiary alicyclic amines) is 1. The average molecular weight is 584 g/mol. The zero-order chi connectivity index (χ0) is 25.3. The molecule has 3 fully saturated rings. The number of anilines is 1. The second-order valence-corrected chi connectivity index (χ2v) is 12.0. The summed E-state index contributed by atoms with van der Waals surface area (Å²) < 4.78 is 4.68. The molecular formula is C25H28BrClN2O5S. The van der Waals surface area contributed by atoms with Crippen LogP contribution in [0, 0.1) is 11.8 Å². The minimum atomic E-state index is -0.844. The van der Waals surface area contributed by atoms with Crippen molar-refractivity contribution >= 4 is 62.8 Å². The van der Waals surface area contributed by atoms with Gasteiger partial charge in [0.05, 0.1) is 29.8 Å². The molecule has 1 N–H and O–H groups in total. The topological polar surface area (TPSA) is 87.2 Å². The normalized spacial score (nSPS) is 30.8. The van der Waals surface area contributed by atoms with E-state index in [1.54, 1.807) is 41.3 Å². The van der Waals surface area contributed by atoms with Crippen LogP contribution in [-0.2, 0) is 19.1 Å². The Kier molecular flexibility index (Phi) is 8.00. The van der Waals surface area contributed by atoms with Crippen molar-refractivity contribution < 1.29 is 24.2 Å². The van der Waals surface area contributed by atoms with E-state index in [2.05, 4.69) is 29.1 Å². The molecule has 3 aliphatic heterocycles. The molecular weight excluding hydrogens is 556 g/mol. The minimum absolute atomic E-state index is 0.00640. The van der Waals surface area contributed by atoms with Gasteiger partial charge in [-0.15, -0.1) is 24.9 Å². The van der Waals surface area contributed by atoms with Gasteiger partial charge in [-0.1, -0.05) is 39.7 Å². The van der Waals surface area contributed by atoms with Gasteiger partial charge in [0.1, 0.15) is 6.04 Å². The molecule has 3 heterocycles. The molecule has 3 unspecified atom stereocenters. The SMILES string of the molecule is C=CCCOC(=O)[C@H]1[C@@H]2SC3(CC2Br)C(C(=O)N(CC=C)c2ccc(Cl)cc2)N(CCO)C(=O)[C@H]13. The van der Waals surface area contributed by atoms with Gasteiger partial charge in [0, 0.05) is 33.9 Å². The molecule has 0 saturated carbocycles. The molecule has 2 bridgehead atoms. The van der Waals surface area contributed by atoms with Gasteiger partial charge >= 0.3 is 5.97 Å². The summed E-state index contributed by atoms with van der Waals surface area (Å²) in [6, 6.07) is 6.05. The molecule has 0 radical (unpaired) electrons. The number of aliphatic hydroxyl groups is 1. The van der Waals surface area contributed by atoms with Gasteiger partial charge in [-0.2, -0.15) is 0 Å². The van der Waals surface area contributed by atoms with Crippen LogP contribution in [0.2, 0.25) is 5.02 Å². The Morgan fingerprint density at radius 2 is 2.03 bits per heavy atom. The lowest BCUT2D eigenvalue weighted by Gasteiger charge is -2.37. The Bertz CT molecular complexity index is 1020. The number of ether oxygens (including phenoxy) is 1. The third kappa shape index (κ3) is 4.45. The number of β-amino-alcohol motifs (C(OH)–C–C–N with tert-alkyl or cyclic N) is 1. The first-order chi connectivity index (χ1) is 16.8. The molecule has 188 valence electrons. The predicted octanol–water partition coefficient (Wildman–Crippen LogP) is 3.44. The van der Waals surface area contributed by atoms with E-state index < -0.39 is 28.6 Å². The molecule has 2 amide bonds. The maximum absolute atomic E-state index is 14.2. The van der Waals surface area contributed by atoms with E-state index in [1.807, 2.05) is 0 Å². The number of thioether (sulfide) groups is 1. The van der Waals surface area contributed by atoms with E-state index in [9.17, 15) is 19.5 Å². The highest BCUT2D eigenvalue weighted by Gasteiger charge is 2.76. The van der Waals surface area contributed by atoms with Crippen LogP contribution in [0.15, 0.2) is 49.6 Å². The van der Waals surface area contributed by atoms with Crippen molar-refractivity contribution in [1.82, 2.24) is 4.90 Å².